The molecule has 0 unspecified atom stereocenters. The Morgan fingerprint density at radius 2 is 1.10 bits per heavy atom. The van der Waals surface area contributed by atoms with Crippen molar-refractivity contribution in [2.45, 2.75) is 0 Å². The van der Waals surface area contributed by atoms with E-state index in [1.807, 2.05) is 18.2 Å². The summed E-state index contributed by atoms with van der Waals surface area (Å²) >= 11 is 0. The Bertz CT molecular complexity index is 1910. The summed E-state index contributed by atoms with van der Waals surface area (Å²) in [6, 6.07) is 49.0. The van der Waals surface area contributed by atoms with Crippen molar-refractivity contribution in [2.24, 2.45) is 0 Å². The molecule has 2 heteroatoms. The Kier molecular flexibility index (Phi) is 5.64. The molecule has 7 aromatic rings. The molecular formula is C37H26N2. The Hall–Kier alpha value is -5.21. The second kappa shape index (κ2) is 9.59. The van der Waals surface area contributed by atoms with Crippen molar-refractivity contribution < 1.29 is 0 Å². The van der Waals surface area contributed by atoms with E-state index in [0.29, 0.717) is 0 Å². The zero-order chi connectivity index (χ0) is 26.2. The van der Waals surface area contributed by atoms with Crippen molar-refractivity contribution in [1.82, 2.24) is 9.55 Å². The van der Waals surface area contributed by atoms with Crippen LogP contribution in [0.3, 0.4) is 0 Å². The Balaban J connectivity index is 1.45. The van der Waals surface area contributed by atoms with Gasteiger partial charge in [0.25, 0.3) is 0 Å². The minimum atomic E-state index is 0.963. The van der Waals surface area contributed by atoms with E-state index >= 15 is 0 Å². The van der Waals surface area contributed by atoms with Gasteiger partial charge in [0, 0.05) is 27.6 Å². The summed E-state index contributed by atoms with van der Waals surface area (Å²) in [6.07, 6.45) is 1.95. The van der Waals surface area contributed by atoms with Gasteiger partial charge in [-0.1, -0.05) is 116 Å². The van der Waals surface area contributed by atoms with E-state index in [2.05, 4.69) is 139 Å². The van der Waals surface area contributed by atoms with Gasteiger partial charge in [-0.3, -0.25) is 0 Å². The fourth-order valence-electron chi connectivity index (χ4n) is 5.53. The third kappa shape index (κ3) is 4.03. The average Bonchev–Trinajstić information content (AvgIpc) is 3.36. The lowest BCUT2D eigenvalue weighted by Gasteiger charge is -2.13. The lowest BCUT2D eigenvalue weighted by molar-refractivity contribution is 1.18. The number of nitrogens with zero attached hydrogens (tertiary/aromatic N) is 2. The largest absolute Gasteiger partial charge is 0.309 e. The predicted octanol–water partition coefficient (Wildman–Crippen LogP) is 9.82. The summed E-state index contributed by atoms with van der Waals surface area (Å²) in [5.41, 5.74) is 11.0. The first kappa shape index (κ1) is 22.9. The molecule has 0 fully saturated rings. The highest BCUT2D eigenvalue weighted by atomic mass is 15.0. The van der Waals surface area contributed by atoms with Crippen LogP contribution in [-0.4, -0.2) is 9.55 Å². The smallest absolute Gasteiger partial charge is 0.0715 e. The number of hydrogen-bond acceptors (Lipinski definition) is 1. The lowest BCUT2D eigenvalue weighted by atomic mass is 9.99. The number of pyridine rings is 1. The highest BCUT2D eigenvalue weighted by molar-refractivity contribution is 6.12. The molecule has 0 bridgehead atoms. The van der Waals surface area contributed by atoms with Crippen molar-refractivity contribution in [2.75, 3.05) is 0 Å². The molecule has 184 valence electrons. The molecule has 0 amide bonds. The molecule has 0 radical (unpaired) electrons. The summed E-state index contributed by atoms with van der Waals surface area (Å²) in [4.78, 5) is 5.06. The van der Waals surface area contributed by atoms with Crippen LogP contribution in [-0.2, 0) is 0 Å². The van der Waals surface area contributed by atoms with E-state index in [4.69, 9.17) is 4.98 Å². The van der Waals surface area contributed by atoms with Crippen LogP contribution >= 0.6 is 0 Å². The first-order chi connectivity index (χ1) is 19.3. The van der Waals surface area contributed by atoms with Gasteiger partial charge in [-0.05, 0) is 53.1 Å². The van der Waals surface area contributed by atoms with Gasteiger partial charge in [0.05, 0.1) is 22.4 Å². The highest BCUT2D eigenvalue weighted by Gasteiger charge is 2.15. The third-order valence-corrected chi connectivity index (χ3v) is 7.35. The van der Waals surface area contributed by atoms with Crippen molar-refractivity contribution in [1.29, 1.82) is 0 Å². The summed E-state index contributed by atoms with van der Waals surface area (Å²) in [5.74, 6) is 0. The molecule has 0 aliphatic carbocycles. The molecule has 2 heterocycles. The van der Waals surface area contributed by atoms with Gasteiger partial charge in [-0.15, -0.1) is 0 Å². The number of fused-ring (bicyclic) bond motifs is 3. The van der Waals surface area contributed by atoms with Crippen LogP contribution in [0.1, 0.15) is 5.56 Å². The third-order valence-electron chi connectivity index (χ3n) is 7.35. The zero-order valence-electron chi connectivity index (χ0n) is 21.5. The quantitative estimate of drug-likeness (QED) is 0.231. The van der Waals surface area contributed by atoms with Gasteiger partial charge < -0.3 is 4.57 Å². The summed E-state index contributed by atoms with van der Waals surface area (Å²) in [6.45, 7) is 4.07. The van der Waals surface area contributed by atoms with Gasteiger partial charge in [0.15, 0.2) is 0 Å². The Morgan fingerprint density at radius 3 is 1.79 bits per heavy atom. The molecule has 39 heavy (non-hydrogen) atoms. The monoisotopic (exact) mass is 498 g/mol. The summed E-state index contributed by atoms with van der Waals surface area (Å²) in [5, 5.41) is 2.46. The van der Waals surface area contributed by atoms with Gasteiger partial charge in [-0.2, -0.15) is 0 Å². The predicted molar refractivity (Wildman–Crippen MR) is 165 cm³/mol. The normalized spacial score (nSPS) is 11.2. The van der Waals surface area contributed by atoms with Gasteiger partial charge in [-0.25, -0.2) is 4.98 Å². The van der Waals surface area contributed by atoms with E-state index in [-0.39, 0.29) is 0 Å². The van der Waals surface area contributed by atoms with Crippen LogP contribution in [0, 0.1) is 0 Å². The molecule has 0 N–H and O–H groups in total. The fourth-order valence-corrected chi connectivity index (χ4v) is 5.53. The molecular weight excluding hydrogens is 472 g/mol. The van der Waals surface area contributed by atoms with E-state index in [9.17, 15) is 0 Å². The zero-order valence-corrected chi connectivity index (χ0v) is 21.5. The van der Waals surface area contributed by atoms with Crippen LogP contribution < -0.4 is 0 Å². The van der Waals surface area contributed by atoms with Crippen molar-refractivity contribution in [3.8, 4) is 39.3 Å². The molecule has 0 saturated heterocycles. The molecule has 0 atom stereocenters. The summed E-state index contributed by atoms with van der Waals surface area (Å²) in [7, 11) is 0. The van der Waals surface area contributed by atoms with Crippen molar-refractivity contribution in [3.05, 3.63) is 152 Å². The number of para-hydroxylation sites is 1. The van der Waals surface area contributed by atoms with Crippen LogP contribution in [0.25, 0.3) is 67.2 Å². The fraction of sp³-hybridized carbons (Fsp3) is 0. The number of hydrogen-bond donors (Lipinski definition) is 0. The highest BCUT2D eigenvalue weighted by Crippen LogP contribution is 2.36. The molecule has 2 nitrogen and oxygen atoms in total. The van der Waals surface area contributed by atoms with E-state index < -0.39 is 0 Å². The van der Waals surface area contributed by atoms with Crippen LogP contribution in [0.2, 0.25) is 0 Å². The van der Waals surface area contributed by atoms with Crippen LogP contribution in [0.4, 0.5) is 0 Å². The summed E-state index contributed by atoms with van der Waals surface area (Å²) < 4.78 is 2.36. The Labute approximate surface area is 228 Å². The first-order valence-corrected chi connectivity index (χ1v) is 13.2. The van der Waals surface area contributed by atoms with Crippen LogP contribution in [0.15, 0.2) is 146 Å². The van der Waals surface area contributed by atoms with Gasteiger partial charge in [0.1, 0.15) is 0 Å². The molecule has 2 aromatic heterocycles. The molecule has 0 saturated carbocycles. The molecule has 0 aliphatic rings. The number of aromatic nitrogens is 2. The van der Waals surface area contributed by atoms with Gasteiger partial charge in [0.2, 0.25) is 0 Å². The lowest BCUT2D eigenvalue weighted by Crippen LogP contribution is -1.95. The molecule has 7 rings (SSSR count). The second-order valence-electron chi connectivity index (χ2n) is 9.71. The average molecular weight is 499 g/mol. The maximum absolute atomic E-state index is 5.06. The van der Waals surface area contributed by atoms with E-state index in [1.165, 1.54) is 21.8 Å². The minimum Gasteiger partial charge on any atom is -0.309 e. The van der Waals surface area contributed by atoms with Crippen molar-refractivity contribution >= 4 is 27.9 Å². The molecule has 0 aliphatic heterocycles. The maximum atomic E-state index is 5.06. The molecule has 5 aromatic carbocycles. The SMILES string of the molecule is C=Cc1cccc2c1c1ccccc1n2-c1cccc(-c2cc(-c3ccccc3)nc(-c3ccccc3)c2)c1. The number of benzene rings is 5. The first-order valence-electron chi connectivity index (χ1n) is 13.2. The minimum absolute atomic E-state index is 0.963. The van der Waals surface area contributed by atoms with E-state index in [1.54, 1.807) is 0 Å². The van der Waals surface area contributed by atoms with E-state index in [0.717, 1.165) is 44.9 Å². The van der Waals surface area contributed by atoms with Gasteiger partial charge >= 0.3 is 0 Å². The van der Waals surface area contributed by atoms with Crippen LogP contribution in [0.5, 0.6) is 0 Å². The second-order valence-corrected chi connectivity index (χ2v) is 9.71. The Morgan fingerprint density at radius 1 is 0.513 bits per heavy atom. The standard InChI is InChI=1S/C37H26N2/c1-2-26-17-12-22-36-37(26)32-20-9-10-21-35(32)39(36)31-19-11-18-29(23-31)30-24-33(27-13-5-3-6-14-27)38-34(25-30)28-15-7-4-8-16-28/h2-25H,1H2. The topological polar surface area (TPSA) is 17.8 Å². The number of rotatable bonds is 5. The molecule has 0 spiro atoms. The van der Waals surface area contributed by atoms with Crippen molar-refractivity contribution in [3.63, 3.8) is 0 Å². The maximum Gasteiger partial charge on any atom is 0.0715 e.